The molecule has 0 aromatic heterocycles. The summed E-state index contributed by atoms with van der Waals surface area (Å²) in [6.45, 7) is 4.13. The lowest BCUT2D eigenvalue weighted by atomic mass is 9.89. The Morgan fingerprint density at radius 3 is 2.56 bits per heavy atom. The molecule has 1 unspecified atom stereocenters. The molecular weight excluding hydrogens is 229 g/mol. The van der Waals surface area contributed by atoms with Crippen molar-refractivity contribution in [3.8, 4) is 5.75 Å². The van der Waals surface area contributed by atoms with Crippen LogP contribution in [-0.4, -0.2) is 6.10 Å². The van der Waals surface area contributed by atoms with E-state index in [2.05, 4.69) is 6.92 Å². The van der Waals surface area contributed by atoms with Gasteiger partial charge in [-0.1, -0.05) is 6.92 Å². The van der Waals surface area contributed by atoms with E-state index in [1.54, 1.807) is 6.07 Å². The summed E-state index contributed by atoms with van der Waals surface area (Å²) in [5.41, 5.74) is 6.62. The van der Waals surface area contributed by atoms with Crippen LogP contribution >= 0.6 is 0 Å². The van der Waals surface area contributed by atoms with Crippen molar-refractivity contribution in [3.63, 3.8) is 0 Å². The molecule has 1 fully saturated rings. The maximum absolute atomic E-state index is 13.2. The van der Waals surface area contributed by atoms with Gasteiger partial charge in [0, 0.05) is 11.6 Å². The van der Waals surface area contributed by atoms with Gasteiger partial charge in [0.05, 0.1) is 6.10 Å². The summed E-state index contributed by atoms with van der Waals surface area (Å²) in [4.78, 5) is 0. The van der Waals surface area contributed by atoms with E-state index in [1.165, 1.54) is 25.0 Å². The first-order valence-corrected chi connectivity index (χ1v) is 6.78. The maximum Gasteiger partial charge on any atom is 0.124 e. The minimum absolute atomic E-state index is 0.210. The van der Waals surface area contributed by atoms with Gasteiger partial charge in [0.2, 0.25) is 0 Å². The molecule has 2 nitrogen and oxygen atoms in total. The highest BCUT2D eigenvalue weighted by Crippen LogP contribution is 2.31. The van der Waals surface area contributed by atoms with Gasteiger partial charge in [-0.15, -0.1) is 0 Å². The van der Waals surface area contributed by atoms with Crippen LogP contribution in [-0.2, 0) is 0 Å². The van der Waals surface area contributed by atoms with E-state index in [1.807, 2.05) is 6.92 Å². The lowest BCUT2D eigenvalue weighted by molar-refractivity contribution is 0.134. The molecule has 1 aromatic rings. The number of benzene rings is 1. The second-order valence-electron chi connectivity index (χ2n) is 5.47. The minimum atomic E-state index is -0.257. The predicted octanol–water partition coefficient (Wildman–Crippen LogP) is 3.80. The van der Waals surface area contributed by atoms with Crippen molar-refractivity contribution in [1.29, 1.82) is 0 Å². The Balaban J connectivity index is 2.09. The van der Waals surface area contributed by atoms with E-state index in [9.17, 15) is 4.39 Å². The molecule has 0 radical (unpaired) electrons. The molecule has 18 heavy (non-hydrogen) atoms. The third kappa shape index (κ3) is 3.22. The Morgan fingerprint density at radius 1 is 1.28 bits per heavy atom. The van der Waals surface area contributed by atoms with Gasteiger partial charge < -0.3 is 10.5 Å². The Morgan fingerprint density at radius 2 is 1.94 bits per heavy atom. The highest BCUT2D eigenvalue weighted by Gasteiger charge is 2.21. The first-order chi connectivity index (χ1) is 8.56. The zero-order valence-electron chi connectivity index (χ0n) is 11.2. The predicted molar refractivity (Wildman–Crippen MR) is 71.1 cm³/mol. The van der Waals surface area contributed by atoms with Crippen LogP contribution in [0.5, 0.6) is 5.75 Å². The van der Waals surface area contributed by atoms with Crippen LogP contribution in [0.15, 0.2) is 18.2 Å². The third-order valence-electron chi connectivity index (χ3n) is 3.72. The van der Waals surface area contributed by atoms with Gasteiger partial charge in [-0.05, 0) is 56.7 Å². The summed E-state index contributed by atoms with van der Waals surface area (Å²) >= 11 is 0. The van der Waals surface area contributed by atoms with Crippen molar-refractivity contribution in [1.82, 2.24) is 0 Å². The Kier molecular flexibility index (Phi) is 4.23. The van der Waals surface area contributed by atoms with Crippen LogP contribution in [0.3, 0.4) is 0 Å². The second kappa shape index (κ2) is 5.70. The molecule has 1 atom stereocenters. The molecule has 1 aliphatic rings. The van der Waals surface area contributed by atoms with Crippen molar-refractivity contribution in [2.24, 2.45) is 11.7 Å². The van der Waals surface area contributed by atoms with Crippen LogP contribution < -0.4 is 10.5 Å². The van der Waals surface area contributed by atoms with Crippen molar-refractivity contribution in [3.05, 3.63) is 29.6 Å². The van der Waals surface area contributed by atoms with Crippen LogP contribution in [0.1, 0.15) is 51.1 Å². The van der Waals surface area contributed by atoms with Gasteiger partial charge in [0.1, 0.15) is 11.6 Å². The molecule has 1 saturated carbocycles. The molecule has 0 spiro atoms. The van der Waals surface area contributed by atoms with Gasteiger partial charge in [0.25, 0.3) is 0 Å². The monoisotopic (exact) mass is 251 g/mol. The van der Waals surface area contributed by atoms with Crippen molar-refractivity contribution >= 4 is 0 Å². The maximum atomic E-state index is 13.2. The zero-order chi connectivity index (χ0) is 13.1. The zero-order valence-corrected chi connectivity index (χ0v) is 11.2. The first kappa shape index (κ1) is 13.3. The van der Waals surface area contributed by atoms with Gasteiger partial charge in [-0.25, -0.2) is 4.39 Å². The molecule has 0 bridgehead atoms. The number of rotatable bonds is 3. The number of halogens is 1. The number of hydrogen-bond acceptors (Lipinski definition) is 2. The Labute approximate surface area is 108 Å². The first-order valence-electron chi connectivity index (χ1n) is 6.78. The Hall–Kier alpha value is -1.09. The van der Waals surface area contributed by atoms with E-state index < -0.39 is 0 Å². The highest BCUT2D eigenvalue weighted by molar-refractivity contribution is 5.36. The van der Waals surface area contributed by atoms with Crippen LogP contribution in [0.25, 0.3) is 0 Å². The summed E-state index contributed by atoms with van der Waals surface area (Å²) in [6, 6.07) is 4.41. The smallest absolute Gasteiger partial charge is 0.124 e. The van der Waals surface area contributed by atoms with E-state index in [-0.39, 0.29) is 18.0 Å². The summed E-state index contributed by atoms with van der Waals surface area (Å²) in [6.07, 6.45) is 4.83. The lowest BCUT2D eigenvalue weighted by Gasteiger charge is -2.28. The number of ether oxygens (including phenoxy) is 1. The molecular formula is C15H22FNO. The fourth-order valence-corrected chi connectivity index (χ4v) is 2.51. The van der Waals surface area contributed by atoms with Gasteiger partial charge in [-0.3, -0.25) is 0 Å². The average Bonchev–Trinajstić information content (AvgIpc) is 2.34. The molecule has 3 heteroatoms. The molecule has 0 aliphatic heterocycles. The molecule has 1 aromatic carbocycles. The van der Waals surface area contributed by atoms with Crippen molar-refractivity contribution < 1.29 is 9.13 Å². The summed E-state index contributed by atoms with van der Waals surface area (Å²) in [7, 11) is 0. The van der Waals surface area contributed by atoms with Crippen LogP contribution in [0.4, 0.5) is 4.39 Å². The van der Waals surface area contributed by atoms with Crippen LogP contribution in [0.2, 0.25) is 0 Å². The summed E-state index contributed by atoms with van der Waals surface area (Å²) in [5, 5.41) is 0. The van der Waals surface area contributed by atoms with E-state index in [4.69, 9.17) is 10.5 Å². The normalized spacial score (nSPS) is 25.8. The van der Waals surface area contributed by atoms with Crippen molar-refractivity contribution in [2.75, 3.05) is 0 Å². The number of nitrogens with two attached hydrogens (primary N) is 1. The fraction of sp³-hybridized carbons (Fsp3) is 0.600. The molecule has 1 aliphatic carbocycles. The molecule has 0 amide bonds. The molecule has 0 saturated heterocycles. The summed E-state index contributed by atoms with van der Waals surface area (Å²) in [5.74, 6) is 1.28. The standard InChI is InChI=1S/C15H22FNO/c1-10-3-6-13(7-4-10)18-15-8-5-12(16)9-14(15)11(2)17/h5,8-11,13H,3-4,6-7,17H2,1-2H3. The van der Waals surface area contributed by atoms with Crippen LogP contribution in [0, 0.1) is 11.7 Å². The average molecular weight is 251 g/mol. The molecule has 2 N–H and O–H groups in total. The minimum Gasteiger partial charge on any atom is -0.490 e. The lowest BCUT2D eigenvalue weighted by Crippen LogP contribution is -2.24. The second-order valence-corrected chi connectivity index (χ2v) is 5.47. The third-order valence-corrected chi connectivity index (χ3v) is 3.72. The Bertz CT molecular complexity index is 397. The largest absolute Gasteiger partial charge is 0.490 e. The number of hydrogen-bond donors (Lipinski definition) is 1. The van der Waals surface area contributed by atoms with E-state index >= 15 is 0 Å². The molecule has 0 heterocycles. The SMILES string of the molecule is CC1CCC(Oc2ccc(F)cc2C(C)N)CC1. The summed E-state index contributed by atoms with van der Waals surface area (Å²) < 4.78 is 19.2. The molecule has 2 rings (SSSR count). The van der Waals surface area contributed by atoms with E-state index in [0.717, 1.165) is 30.1 Å². The van der Waals surface area contributed by atoms with E-state index in [0.29, 0.717) is 0 Å². The topological polar surface area (TPSA) is 35.2 Å². The van der Waals surface area contributed by atoms with Gasteiger partial charge in [-0.2, -0.15) is 0 Å². The van der Waals surface area contributed by atoms with Crippen molar-refractivity contribution in [2.45, 2.75) is 51.7 Å². The van der Waals surface area contributed by atoms with Gasteiger partial charge >= 0.3 is 0 Å². The molecule has 100 valence electrons. The van der Waals surface area contributed by atoms with Gasteiger partial charge in [0.15, 0.2) is 0 Å². The quantitative estimate of drug-likeness (QED) is 0.886. The fourth-order valence-electron chi connectivity index (χ4n) is 2.51. The highest BCUT2D eigenvalue weighted by atomic mass is 19.1.